The number of esters is 1. The summed E-state index contributed by atoms with van der Waals surface area (Å²) < 4.78 is 10.2. The molecule has 0 spiro atoms. The van der Waals surface area contributed by atoms with Crippen LogP contribution in [-0.2, 0) is 20.9 Å². The molecule has 8 nitrogen and oxygen atoms in total. The van der Waals surface area contributed by atoms with Crippen molar-refractivity contribution >= 4 is 29.3 Å². The van der Waals surface area contributed by atoms with Gasteiger partial charge in [0.1, 0.15) is 5.75 Å². The van der Waals surface area contributed by atoms with Crippen LogP contribution in [-0.4, -0.2) is 35.8 Å². The van der Waals surface area contributed by atoms with Crippen LogP contribution in [0.5, 0.6) is 5.75 Å². The van der Waals surface area contributed by atoms with E-state index in [0.29, 0.717) is 11.4 Å². The van der Waals surface area contributed by atoms with E-state index in [9.17, 15) is 19.7 Å². The number of hydrogen-bond acceptors (Lipinski definition) is 7. The third kappa shape index (κ3) is 6.58. The minimum Gasteiger partial charge on any atom is -0.497 e. The molecular weight excluding hydrogens is 384 g/mol. The number of rotatable bonds is 9. The van der Waals surface area contributed by atoms with Gasteiger partial charge in [0.05, 0.1) is 17.8 Å². The van der Waals surface area contributed by atoms with Crippen LogP contribution in [0.25, 0.3) is 0 Å². The first kappa shape index (κ1) is 21.2. The Balaban J connectivity index is 1.74. The van der Waals surface area contributed by atoms with Gasteiger partial charge < -0.3 is 14.8 Å². The molecule has 1 amide bonds. The summed E-state index contributed by atoms with van der Waals surface area (Å²) in [5, 5.41) is 13.3. The van der Waals surface area contributed by atoms with Gasteiger partial charge in [0.2, 0.25) is 0 Å². The van der Waals surface area contributed by atoms with Crippen LogP contribution in [0.1, 0.15) is 12.5 Å². The normalized spacial score (nSPS) is 11.4. The van der Waals surface area contributed by atoms with Gasteiger partial charge >= 0.3 is 5.97 Å². The van der Waals surface area contributed by atoms with Gasteiger partial charge in [0.15, 0.2) is 6.10 Å². The number of hydrogen-bond donors (Lipinski definition) is 1. The van der Waals surface area contributed by atoms with Crippen molar-refractivity contribution in [3.63, 3.8) is 0 Å². The molecule has 0 saturated carbocycles. The molecule has 148 valence electrons. The summed E-state index contributed by atoms with van der Waals surface area (Å²) in [6.07, 6.45) is -0.928. The van der Waals surface area contributed by atoms with Gasteiger partial charge in [0, 0.05) is 23.6 Å². The Kier molecular flexibility index (Phi) is 7.82. The van der Waals surface area contributed by atoms with Crippen LogP contribution < -0.4 is 10.1 Å². The van der Waals surface area contributed by atoms with Crippen molar-refractivity contribution in [2.75, 3.05) is 12.9 Å². The SMILES string of the molecule is COc1ccc(CNC(=O)[C@H](C)OC(=O)CSc2ccc([N+](=O)[O-])cc2)cc1. The topological polar surface area (TPSA) is 108 Å². The van der Waals surface area contributed by atoms with Gasteiger partial charge in [-0.2, -0.15) is 0 Å². The summed E-state index contributed by atoms with van der Waals surface area (Å²) in [4.78, 5) is 34.8. The Morgan fingerprint density at radius 3 is 2.36 bits per heavy atom. The van der Waals surface area contributed by atoms with Crippen LogP contribution in [0.2, 0.25) is 0 Å². The molecule has 1 atom stereocenters. The van der Waals surface area contributed by atoms with Crippen LogP contribution in [0.15, 0.2) is 53.4 Å². The van der Waals surface area contributed by atoms with Gasteiger partial charge in [-0.3, -0.25) is 19.7 Å². The van der Waals surface area contributed by atoms with Crippen LogP contribution in [0.4, 0.5) is 5.69 Å². The molecule has 2 aromatic rings. The number of methoxy groups -OCH3 is 1. The first-order chi connectivity index (χ1) is 13.4. The fraction of sp³-hybridized carbons (Fsp3) is 0.263. The van der Waals surface area contributed by atoms with E-state index in [0.717, 1.165) is 11.3 Å². The zero-order chi connectivity index (χ0) is 20.5. The van der Waals surface area contributed by atoms with Crippen LogP contribution in [0.3, 0.4) is 0 Å². The Labute approximate surface area is 166 Å². The summed E-state index contributed by atoms with van der Waals surface area (Å²) in [6, 6.07) is 13.1. The molecule has 0 radical (unpaired) electrons. The average Bonchev–Trinajstić information content (AvgIpc) is 2.71. The molecule has 0 aromatic heterocycles. The van der Waals surface area contributed by atoms with Crippen molar-refractivity contribution in [1.82, 2.24) is 5.32 Å². The van der Waals surface area contributed by atoms with Crippen molar-refractivity contribution in [2.24, 2.45) is 0 Å². The molecule has 0 fully saturated rings. The number of thioether (sulfide) groups is 1. The monoisotopic (exact) mass is 404 g/mol. The minimum atomic E-state index is -0.928. The lowest BCUT2D eigenvalue weighted by molar-refractivity contribution is -0.384. The summed E-state index contributed by atoms with van der Waals surface area (Å²) >= 11 is 1.18. The van der Waals surface area contributed by atoms with Gasteiger partial charge in [-0.25, -0.2) is 0 Å². The van der Waals surface area contributed by atoms with E-state index in [2.05, 4.69) is 5.32 Å². The van der Waals surface area contributed by atoms with Gasteiger partial charge in [0.25, 0.3) is 11.6 Å². The Bertz CT molecular complexity index is 823. The van der Waals surface area contributed by atoms with Gasteiger partial charge in [-0.05, 0) is 36.8 Å². The molecule has 28 heavy (non-hydrogen) atoms. The lowest BCUT2D eigenvalue weighted by atomic mass is 10.2. The summed E-state index contributed by atoms with van der Waals surface area (Å²) in [7, 11) is 1.58. The lowest BCUT2D eigenvalue weighted by Crippen LogP contribution is -2.35. The first-order valence-corrected chi connectivity index (χ1v) is 9.35. The molecule has 1 N–H and O–H groups in total. The summed E-state index contributed by atoms with van der Waals surface area (Å²) in [5.41, 5.74) is 0.871. The highest BCUT2D eigenvalue weighted by molar-refractivity contribution is 8.00. The molecule has 0 heterocycles. The van der Waals surface area contributed by atoms with Crippen LogP contribution in [0, 0.1) is 10.1 Å². The minimum absolute atomic E-state index is 0.00604. The van der Waals surface area contributed by atoms with E-state index in [1.807, 2.05) is 12.1 Å². The summed E-state index contributed by atoms with van der Waals surface area (Å²) in [6.45, 7) is 1.81. The molecule has 0 bridgehead atoms. The maximum absolute atomic E-state index is 12.1. The number of benzene rings is 2. The fourth-order valence-corrected chi connectivity index (χ4v) is 2.85. The lowest BCUT2D eigenvalue weighted by Gasteiger charge is -2.13. The van der Waals surface area contributed by atoms with Crippen molar-refractivity contribution < 1.29 is 24.0 Å². The highest BCUT2D eigenvalue weighted by Crippen LogP contribution is 2.21. The number of nitrogens with zero attached hydrogens (tertiary/aromatic N) is 1. The second kappa shape index (κ2) is 10.3. The zero-order valence-corrected chi connectivity index (χ0v) is 16.2. The predicted molar refractivity (Wildman–Crippen MR) is 104 cm³/mol. The van der Waals surface area contributed by atoms with Crippen molar-refractivity contribution in [1.29, 1.82) is 0 Å². The van der Waals surface area contributed by atoms with E-state index in [-0.39, 0.29) is 11.4 Å². The number of amides is 1. The summed E-state index contributed by atoms with van der Waals surface area (Å²) in [5.74, 6) is -0.226. The fourth-order valence-electron chi connectivity index (χ4n) is 2.17. The molecule has 0 saturated heterocycles. The second-order valence-corrected chi connectivity index (χ2v) is 6.79. The van der Waals surface area contributed by atoms with Gasteiger partial charge in [-0.15, -0.1) is 11.8 Å². The molecule has 2 rings (SSSR count). The third-order valence-corrected chi connectivity index (χ3v) is 4.69. The molecule has 0 aliphatic heterocycles. The number of non-ortho nitro benzene ring substituents is 1. The third-order valence-electron chi connectivity index (χ3n) is 3.71. The molecule has 9 heteroatoms. The van der Waals surface area contributed by atoms with Crippen LogP contribution >= 0.6 is 11.8 Å². The quantitative estimate of drug-likeness (QED) is 0.296. The Hall–Kier alpha value is -3.07. The predicted octanol–water partition coefficient (Wildman–Crippen LogP) is 2.94. The smallest absolute Gasteiger partial charge is 0.317 e. The van der Waals surface area contributed by atoms with E-state index < -0.39 is 22.9 Å². The zero-order valence-electron chi connectivity index (χ0n) is 15.4. The van der Waals surface area contributed by atoms with E-state index in [4.69, 9.17) is 9.47 Å². The first-order valence-electron chi connectivity index (χ1n) is 8.36. The number of carbonyl (C=O) groups is 2. The highest BCUT2D eigenvalue weighted by atomic mass is 32.2. The van der Waals surface area contributed by atoms with Crippen molar-refractivity contribution in [3.05, 3.63) is 64.2 Å². The molecular formula is C19H20N2O6S. The highest BCUT2D eigenvalue weighted by Gasteiger charge is 2.17. The Morgan fingerprint density at radius 2 is 1.79 bits per heavy atom. The Morgan fingerprint density at radius 1 is 1.14 bits per heavy atom. The molecule has 0 unspecified atom stereocenters. The molecule has 2 aromatic carbocycles. The van der Waals surface area contributed by atoms with Gasteiger partial charge in [-0.1, -0.05) is 12.1 Å². The standard InChI is InChI=1S/C19H20N2O6S/c1-13(19(23)20-11-14-3-7-16(26-2)8-4-14)27-18(22)12-28-17-9-5-15(6-10-17)21(24)25/h3-10,13H,11-12H2,1-2H3,(H,20,23)/t13-/m0/s1. The maximum Gasteiger partial charge on any atom is 0.317 e. The largest absolute Gasteiger partial charge is 0.497 e. The van der Waals surface area contributed by atoms with E-state index >= 15 is 0 Å². The van der Waals surface area contributed by atoms with Crippen molar-refractivity contribution in [2.45, 2.75) is 24.5 Å². The number of nitrogens with one attached hydrogen (secondary N) is 1. The number of carbonyl (C=O) groups excluding carboxylic acids is 2. The van der Waals surface area contributed by atoms with E-state index in [1.54, 1.807) is 31.4 Å². The number of nitro groups is 1. The van der Waals surface area contributed by atoms with Crippen molar-refractivity contribution in [3.8, 4) is 5.75 Å². The maximum atomic E-state index is 12.1. The number of nitro benzene ring substituents is 1. The molecule has 0 aliphatic rings. The van der Waals surface area contributed by atoms with E-state index in [1.165, 1.54) is 30.8 Å². The second-order valence-electron chi connectivity index (χ2n) is 5.74. The molecule has 0 aliphatic carbocycles. The number of ether oxygens (including phenoxy) is 2. The average molecular weight is 404 g/mol.